The maximum Gasteiger partial charge on any atom is 0.351 e. The lowest BCUT2D eigenvalue weighted by molar-refractivity contribution is -0.212. The highest BCUT2D eigenvalue weighted by Gasteiger charge is 2.49. The molecule has 1 aliphatic heterocycles. The Morgan fingerprint density at radius 3 is 2.55 bits per heavy atom. The number of aliphatic hydroxyl groups is 3. The molecule has 15 nitrogen and oxygen atoms in total. The van der Waals surface area contributed by atoms with Crippen molar-refractivity contribution in [3.63, 3.8) is 0 Å². The van der Waals surface area contributed by atoms with Crippen molar-refractivity contribution in [3.8, 4) is 0 Å². The number of nitrogens with two attached hydrogens (primary N) is 2. The van der Waals surface area contributed by atoms with Crippen LogP contribution >= 0.6 is 0 Å². The SMILES string of the molecule is CNCC(=O)N[C@H](CO)C(=O)N[C@@H]1[C@@H](O)[C@H](O)[C@H](n2ccc(N)nc2=O)O[C@@H]1C(N)=O. The number of ether oxygens (including phenoxy) is 1. The van der Waals surface area contributed by atoms with E-state index in [4.69, 9.17) is 16.2 Å². The van der Waals surface area contributed by atoms with Gasteiger partial charge in [0.25, 0.3) is 0 Å². The summed E-state index contributed by atoms with van der Waals surface area (Å²) in [5.74, 6) is -2.78. The lowest BCUT2D eigenvalue weighted by Gasteiger charge is -2.42. The number of carbonyl (C=O) groups is 3. The molecule has 1 aromatic heterocycles. The number of amides is 3. The maximum absolute atomic E-state index is 12.5. The standard InChI is InChI=1S/C16H25N7O8/c1-19-4-8(25)20-6(5-24)14(29)22-9-10(26)11(27)15(31-12(9)13(18)28)23-3-2-7(17)21-16(23)30/h2-3,6,9-12,15,19,24,26-27H,4-5H2,1H3,(H2,18,28)(H,20,25)(H,22,29)(H2,17,21,30)/t6-,9-,10-,11+,12+,15-/m1/s1. The van der Waals surface area contributed by atoms with Crippen LogP contribution in [-0.2, 0) is 19.1 Å². The Morgan fingerprint density at radius 1 is 1.32 bits per heavy atom. The van der Waals surface area contributed by atoms with Crippen molar-refractivity contribution in [1.82, 2.24) is 25.5 Å². The van der Waals surface area contributed by atoms with Crippen molar-refractivity contribution in [1.29, 1.82) is 0 Å². The first-order chi connectivity index (χ1) is 14.6. The van der Waals surface area contributed by atoms with Gasteiger partial charge in [-0.15, -0.1) is 0 Å². The minimum absolute atomic E-state index is 0.0981. The third-order valence-electron chi connectivity index (χ3n) is 4.51. The summed E-state index contributed by atoms with van der Waals surface area (Å²) in [6, 6.07) is -1.74. The van der Waals surface area contributed by atoms with Gasteiger partial charge >= 0.3 is 5.69 Å². The number of primary amides is 1. The normalized spacial score (nSPS) is 26.6. The Bertz CT molecular complexity index is 878. The Labute approximate surface area is 175 Å². The third kappa shape index (κ3) is 5.53. The number of aliphatic hydroxyl groups excluding tert-OH is 3. The molecule has 0 aromatic carbocycles. The Hall–Kier alpha value is -3.11. The summed E-state index contributed by atoms with van der Waals surface area (Å²) in [6.07, 6.45) is -5.72. The van der Waals surface area contributed by atoms with Crippen LogP contribution < -0.4 is 33.1 Å². The number of hydrogen-bond donors (Lipinski definition) is 8. The molecule has 0 aliphatic carbocycles. The highest BCUT2D eigenvalue weighted by atomic mass is 16.5. The quantitative estimate of drug-likeness (QED) is 0.188. The van der Waals surface area contributed by atoms with Gasteiger partial charge < -0.3 is 47.5 Å². The summed E-state index contributed by atoms with van der Waals surface area (Å²) in [6.45, 7) is -0.919. The van der Waals surface area contributed by atoms with Gasteiger partial charge in [0.05, 0.1) is 19.2 Å². The molecule has 1 saturated heterocycles. The Morgan fingerprint density at radius 2 is 2.00 bits per heavy atom. The van der Waals surface area contributed by atoms with Crippen LogP contribution in [-0.4, -0.2) is 93.2 Å². The van der Waals surface area contributed by atoms with Crippen LogP contribution in [0.5, 0.6) is 0 Å². The molecule has 0 radical (unpaired) electrons. The fourth-order valence-corrected chi connectivity index (χ4v) is 3.00. The van der Waals surface area contributed by atoms with Crippen molar-refractivity contribution in [2.24, 2.45) is 5.73 Å². The monoisotopic (exact) mass is 443 g/mol. The molecule has 172 valence electrons. The first-order valence-corrected chi connectivity index (χ1v) is 9.11. The van der Waals surface area contributed by atoms with Crippen LogP contribution in [0.25, 0.3) is 0 Å². The van der Waals surface area contributed by atoms with Crippen LogP contribution in [0.4, 0.5) is 5.82 Å². The van der Waals surface area contributed by atoms with Crippen LogP contribution in [0.2, 0.25) is 0 Å². The van der Waals surface area contributed by atoms with Crippen molar-refractivity contribution in [3.05, 3.63) is 22.7 Å². The molecule has 1 aromatic rings. The van der Waals surface area contributed by atoms with E-state index in [1.807, 2.05) is 0 Å². The molecule has 3 amide bonds. The summed E-state index contributed by atoms with van der Waals surface area (Å²) in [5, 5.41) is 37.4. The van der Waals surface area contributed by atoms with Gasteiger partial charge in [0.1, 0.15) is 24.1 Å². The maximum atomic E-state index is 12.5. The van der Waals surface area contributed by atoms with E-state index in [0.717, 1.165) is 10.8 Å². The van der Waals surface area contributed by atoms with Crippen molar-refractivity contribution in [2.45, 2.75) is 36.6 Å². The van der Waals surface area contributed by atoms with Gasteiger partial charge in [-0.1, -0.05) is 0 Å². The summed E-state index contributed by atoms with van der Waals surface area (Å²) in [5.41, 5.74) is 9.81. The molecule has 1 aliphatic rings. The summed E-state index contributed by atoms with van der Waals surface area (Å²) >= 11 is 0. The van der Waals surface area contributed by atoms with Gasteiger partial charge in [-0.3, -0.25) is 19.0 Å². The molecule has 1 fully saturated rings. The number of nitrogen functional groups attached to an aromatic ring is 1. The van der Waals surface area contributed by atoms with Crippen molar-refractivity contribution < 1.29 is 34.4 Å². The minimum Gasteiger partial charge on any atom is -0.394 e. The fourth-order valence-electron chi connectivity index (χ4n) is 3.00. The topological polar surface area (TPSA) is 244 Å². The average molecular weight is 443 g/mol. The van der Waals surface area contributed by atoms with Gasteiger partial charge in [-0.05, 0) is 13.1 Å². The average Bonchev–Trinajstić information content (AvgIpc) is 2.70. The molecule has 0 bridgehead atoms. The van der Waals surface area contributed by atoms with Gasteiger partial charge in [-0.2, -0.15) is 4.98 Å². The molecule has 0 unspecified atom stereocenters. The molecule has 10 N–H and O–H groups in total. The zero-order valence-electron chi connectivity index (χ0n) is 16.5. The molecular weight excluding hydrogens is 418 g/mol. The first-order valence-electron chi connectivity index (χ1n) is 9.11. The van der Waals surface area contributed by atoms with E-state index < -0.39 is 66.6 Å². The summed E-state index contributed by atoms with van der Waals surface area (Å²) < 4.78 is 6.21. The fraction of sp³-hybridized carbons (Fsp3) is 0.562. The number of carbonyl (C=O) groups excluding carboxylic acids is 3. The summed E-state index contributed by atoms with van der Waals surface area (Å²) in [4.78, 5) is 51.6. The van der Waals surface area contributed by atoms with Crippen LogP contribution in [0, 0.1) is 0 Å². The molecule has 15 heteroatoms. The smallest absolute Gasteiger partial charge is 0.351 e. The number of nitrogens with one attached hydrogen (secondary N) is 3. The van der Waals surface area contributed by atoms with Crippen molar-refractivity contribution >= 4 is 23.5 Å². The number of aromatic nitrogens is 2. The zero-order valence-corrected chi connectivity index (χ0v) is 16.5. The third-order valence-corrected chi connectivity index (χ3v) is 4.51. The highest BCUT2D eigenvalue weighted by Crippen LogP contribution is 2.27. The molecule has 6 atom stereocenters. The first kappa shape index (κ1) is 24.2. The Balaban J connectivity index is 2.24. The number of anilines is 1. The molecular formula is C16H25N7O8. The van der Waals surface area contributed by atoms with Gasteiger partial charge in [0.2, 0.25) is 17.7 Å². The van der Waals surface area contributed by atoms with E-state index >= 15 is 0 Å². The second kappa shape index (κ2) is 10.3. The van der Waals surface area contributed by atoms with E-state index in [1.165, 1.54) is 13.1 Å². The lowest BCUT2D eigenvalue weighted by atomic mass is 9.94. The number of rotatable bonds is 8. The molecule has 0 spiro atoms. The van der Waals surface area contributed by atoms with Crippen LogP contribution in [0.3, 0.4) is 0 Å². The van der Waals surface area contributed by atoms with E-state index in [9.17, 15) is 34.5 Å². The van der Waals surface area contributed by atoms with E-state index in [0.29, 0.717) is 0 Å². The largest absolute Gasteiger partial charge is 0.394 e. The van der Waals surface area contributed by atoms with Crippen molar-refractivity contribution in [2.75, 3.05) is 25.9 Å². The minimum atomic E-state index is -1.82. The summed E-state index contributed by atoms with van der Waals surface area (Å²) in [7, 11) is 1.50. The molecule has 31 heavy (non-hydrogen) atoms. The van der Waals surface area contributed by atoms with Crippen LogP contribution in [0.1, 0.15) is 6.23 Å². The van der Waals surface area contributed by atoms with Gasteiger partial charge in [0.15, 0.2) is 12.3 Å². The Kier molecular flexibility index (Phi) is 8.01. The number of nitrogens with zero attached hydrogens (tertiary/aromatic N) is 2. The second-order valence-corrected chi connectivity index (χ2v) is 6.74. The molecule has 0 saturated carbocycles. The van der Waals surface area contributed by atoms with Gasteiger partial charge in [-0.25, -0.2) is 4.79 Å². The predicted octanol–water partition coefficient (Wildman–Crippen LogP) is -5.89. The number of likely N-dealkylation sites (N-methyl/N-ethyl adjacent to an activating group) is 1. The molecule has 2 heterocycles. The number of hydrogen-bond acceptors (Lipinski definition) is 11. The predicted molar refractivity (Wildman–Crippen MR) is 103 cm³/mol. The second-order valence-electron chi connectivity index (χ2n) is 6.74. The van der Waals surface area contributed by atoms with E-state index in [1.54, 1.807) is 0 Å². The van der Waals surface area contributed by atoms with Gasteiger partial charge in [0, 0.05) is 6.20 Å². The lowest BCUT2D eigenvalue weighted by Crippen LogP contribution is -2.67. The highest BCUT2D eigenvalue weighted by molar-refractivity contribution is 5.89. The van der Waals surface area contributed by atoms with E-state index in [2.05, 4.69) is 20.9 Å². The van der Waals surface area contributed by atoms with E-state index in [-0.39, 0.29) is 12.4 Å². The zero-order chi connectivity index (χ0) is 23.3. The molecule has 2 rings (SSSR count). The van der Waals surface area contributed by atoms with Crippen LogP contribution in [0.15, 0.2) is 17.1 Å².